The van der Waals surface area contributed by atoms with Gasteiger partial charge < -0.3 is 9.47 Å². The third kappa shape index (κ3) is 5.18. The van der Waals surface area contributed by atoms with Crippen LogP contribution >= 0.6 is 0 Å². The molecule has 0 rings (SSSR count). The first kappa shape index (κ1) is 15.0. The van der Waals surface area contributed by atoms with Crippen molar-refractivity contribution in [3.8, 4) is 0 Å². The van der Waals surface area contributed by atoms with E-state index in [-0.39, 0.29) is 12.8 Å². The summed E-state index contributed by atoms with van der Waals surface area (Å²) in [6, 6.07) is 0. The normalized spacial score (nSPS) is 18.4. The zero-order valence-electron chi connectivity index (χ0n) is 8.96. The van der Waals surface area contributed by atoms with Crippen molar-refractivity contribution in [2.75, 3.05) is 0 Å². The lowest BCUT2D eigenvalue weighted by atomic mass is 10.3. The van der Waals surface area contributed by atoms with Gasteiger partial charge in [-0.25, -0.2) is 13.6 Å². The average molecular weight is 246 g/mol. The van der Waals surface area contributed by atoms with Crippen molar-refractivity contribution in [2.45, 2.75) is 51.7 Å². The van der Waals surface area contributed by atoms with Crippen LogP contribution in [-0.4, -0.2) is 31.2 Å². The highest BCUT2D eigenvalue weighted by molar-refractivity contribution is 5.60. The summed E-state index contributed by atoms with van der Waals surface area (Å²) < 4.78 is 58.0. The van der Waals surface area contributed by atoms with Crippen molar-refractivity contribution in [3.63, 3.8) is 0 Å². The summed E-state index contributed by atoms with van der Waals surface area (Å²) in [6.45, 7) is 2.66. The Bertz CT molecular complexity index is 195. The average Bonchev–Trinajstić information content (AvgIpc) is 2.26. The first-order valence-electron chi connectivity index (χ1n) is 4.85. The molecule has 0 aliphatic carbocycles. The Morgan fingerprint density at radius 1 is 0.938 bits per heavy atom. The van der Waals surface area contributed by atoms with Crippen LogP contribution < -0.4 is 0 Å². The van der Waals surface area contributed by atoms with Crippen molar-refractivity contribution < 1.29 is 31.8 Å². The highest BCUT2D eigenvalue weighted by atomic mass is 19.2. The fourth-order valence-electron chi connectivity index (χ4n) is 0.730. The molecule has 16 heavy (non-hydrogen) atoms. The van der Waals surface area contributed by atoms with Crippen LogP contribution in [0.3, 0.4) is 0 Å². The lowest BCUT2D eigenvalue weighted by molar-refractivity contribution is -0.114. The number of hydrogen-bond acceptors (Lipinski definition) is 3. The smallest absolute Gasteiger partial charge is 0.396 e. The second-order valence-electron chi connectivity index (χ2n) is 3.04. The van der Waals surface area contributed by atoms with E-state index in [1.807, 2.05) is 0 Å². The van der Waals surface area contributed by atoms with Gasteiger partial charge in [-0.05, 0) is 12.8 Å². The van der Waals surface area contributed by atoms with E-state index >= 15 is 0 Å². The Hall–Kier alpha value is -1.01. The molecule has 96 valence electrons. The van der Waals surface area contributed by atoms with Gasteiger partial charge in [-0.15, -0.1) is 0 Å². The van der Waals surface area contributed by atoms with E-state index in [2.05, 4.69) is 9.47 Å². The van der Waals surface area contributed by atoms with Gasteiger partial charge in [-0.2, -0.15) is 8.78 Å². The van der Waals surface area contributed by atoms with E-state index in [4.69, 9.17) is 0 Å². The first-order chi connectivity index (χ1) is 7.42. The molecule has 0 bridgehead atoms. The number of rotatable bonds is 6. The van der Waals surface area contributed by atoms with Gasteiger partial charge in [0.1, 0.15) is 0 Å². The molecule has 0 radical (unpaired) electrons. The lowest BCUT2D eigenvalue weighted by Gasteiger charge is -2.15. The molecule has 0 aromatic rings. The summed E-state index contributed by atoms with van der Waals surface area (Å²) in [7, 11) is 0. The van der Waals surface area contributed by atoms with Crippen LogP contribution in [0.1, 0.15) is 26.7 Å². The third-order valence-corrected chi connectivity index (χ3v) is 1.77. The van der Waals surface area contributed by atoms with Gasteiger partial charge in [-0.3, -0.25) is 0 Å². The van der Waals surface area contributed by atoms with Crippen LogP contribution in [0.5, 0.6) is 0 Å². The number of alkyl halides is 4. The standard InChI is InChI=1S/C9H14F4O3/c1-3-5(10)7(12)15-9(14)16-8(13)6(11)4-2/h5-8H,3-4H2,1-2H3. The number of carbonyl (C=O) groups is 1. The third-order valence-electron chi connectivity index (χ3n) is 1.77. The Morgan fingerprint density at radius 2 is 1.25 bits per heavy atom. The van der Waals surface area contributed by atoms with Crippen LogP contribution in [-0.2, 0) is 9.47 Å². The molecule has 0 saturated heterocycles. The van der Waals surface area contributed by atoms with E-state index < -0.39 is 31.2 Å². The fourth-order valence-corrected chi connectivity index (χ4v) is 0.730. The Morgan fingerprint density at radius 3 is 1.50 bits per heavy atom. The van der Waals surface area contributed by atoms with Crippen molar-refractivity contribution >= 4 is 6.16 Å². The molecule has 0 aromatic heterocycles. The maximum atomic E-state index is 12.7. The van der Waals surface area contributed by atoms with Gasteiger partial charge >= 0.3 is 6.16 Å². The van der Waals surface area contributed by atoms with Crippen molar-refractivity contribution in [2.24, 2.45) is 0 Å². The van der Waals surface area contributed by atoms with Gasteiger partial charge in [-0.1, -0.05) is 13.8 Å². The van der Waals surface area contributed by atoms with E-state index in [0.29, 0.717) is 0 Å². The van der Waals surface area contributed by atoms with Gasteiger partial charge in [0, 0.05) is 0 Å². The molecule has 0 fully saturated rings. The number of hydrogen-bond donors (Lipinski definition) is 0. The van der Waals surface area contributed by atoms with Gasteiger partial charge in [0.2, 0.25) is 0 Å². The molecule has 0 aliphatic heterocycles. The molecule has 0 N–H and O–H groups in total. The predicted molar refractivity (Wildman–Crippen MR) is 47.7 cm³/mol. The van der Waals surface area contributed by atoms with Crippen LogP contribution in [0.4, 0.5) is 22.4 Å². The molecule has 7 heteroatoms. The number of ether oxygens (including phenoxy) is 2. The minimum Gasteiger partial charge on any atom is -0.396 e. The van der Waals surface area contributed by atoms with Gasteiger partial charge in [0.15, 0.2) is 12.3 Å². The highest BCUT2D eigenvalue weighted by Crippen LogP contribution is 2.14. The maximum absolute atomic E-state index is 12.7. The quantitative estimate of drug-likeness (QED) is 0.533. The fraction of sp³-hybridized carbons (Fsp3) is 0.889. The van der Waals surface area contributed by atoms with E-state index in [9.17, 15) is 22.4 Å². The molecule has 3 nitrogen and oxygen atoms in total. The summed E-state index contributed by atoms with van der Waals surface area (Å²) >= 11 is 0. The molecule has 0 aliphatic rings. The van der Waals surface area contributed by atoms with Crippen LogP contribution in [0.2, 0.25) is 0 Å². The van der Waals surface area contributed by atoms with Crippen molar-refractivity contribution in [3.05, 3.63) is 0 Å². The SMILES string of the molecule is CCC(F)C(F)OC(=O)OC(F)C(F)CC. The molecule has 0 amide bonds. The highest BCUT2D eigenvalue weighted by Gasteiger charge is 2.28. The zero-order valence-corrected chi connectivity index (χ0v) is 8.96. The summed E-state index contributed by atoms with van der Waals surface area (Å²) in [5.74, 6) is 0. The topological polar surface area (TPSA) is 35.5 Å². The molecular weight excluding hydrogens is 232 g/mol. The largest absolute Gasteiger partial charge is 0.513 e. The molecule has 4 atom stereocenters. The van der Waals surface area contributed by atoms with Crippen molar-refractivity contribution in [1.82, 2.24) is 0 Å². The van der Waals surface area contributed by atoms with Crippen LogP contribution in [0, 0.1) is 0 Å². The predicted octanol–water partition coefficient (Wildman–Crippen LogP) is 3.23. The second kappa shape index (κ2) is 7.29. The Labute approximate surface area is 90.7 Å². The summed E-state index contributed by atoms with van der Waals surface area (Å²) in [6.07, 6.45) is -11.3. The molecular formula is C9H14F4O3. The minimum atomic E-state index is -2.54. The number of halogens is 4. The Kier molecular flexibility index (Phi) is 6.83. The molecule has 4 unspecified atom stereocenters. The van der Waals surface area contributed by atoms with Gasteiger partial charge in [0.25, 0.3) is 12.7 Å². The summed E-state index contributed by atoms with van der Waals surface area (Å²) in [5.41, 5.74) is 0. The zero-order chi connectivity index (χ0) is 12.7. The molecule has 0 spiro atoms. The summed E-state index contributed by atoms with van der Waals surface area (Å²) in [5, 5.41) is 0. The molecule has 0 aromatic carbocycles. The van der Waals surface area contributed by atoms with Crippen LogP contribution in [0.15, 0.2) is 0 Å². The number of carbonyl (C=O) groups excluding carboxylic acids is 1. The maximum Gasteiger partial charge on any atom is 0.513 e. The monoisotopic (exact) mass is 246 g/mol. The summed E-state index contributed by atoms with van der Waals surface area (Å²) in [4.78, 5) is 10.6. The van der Waals surface area contributed by atoms with Crippen LogP contribution in [0.25, 0.3) is 0 Å². The van der Waals surface area contributed by atoms with E-state index in [1.165, 1.54) is 13.8 Å². The first-order valence-corrected chi connectivity index (χ1v) is 4.85. The molecule has 0 heterocycles. The minimum absolute atomic E-state index is 0.214. The Balaban J connectivity index is 3.99. The van der Waals surface area contributed by atoms with Crippen molar-refractivity contribution in [1.29, 1.82) is 0 Å². The second-order valence-corrected chi connectivity index (χ2v) is 3.04. The lowest BCUT2D eigenvalue weighted by Crippen LogP contribution is -2.29. The van der Waals surface area contributed by atoms with Gasteiger partial charge in [0.05, 0.1) is 0 Å². The molecule has 0 saturated carbocycles. The van der Waals surface area contributed by atoms with E-state index in [0.717, 1.165) is 0 Å². The van der Waals surface area contributed by atoms with E-state index in [1.54, 1.807) is 0 Å².